The van der Waals surface area contributed by atoms with Crippen LogP contribution in [0.2, 0.25) is 0 Å². The number of furan rings is 1. The summed E-state index contributed by atoms with van der Waals surface area (Å²) in [6.07, 6.45) is -5.44. The molecular weight excluding hydrogens is 472 g/mol. The Morgan fingerprint density at radius 1 is 0.971 bits per heavy atom. The Morgan fingerprint density at radius 3 is 2.14 bits per heavy atom. The zero-order valence-electron chi connectivity index (χ0n) is 18.0. The number of urea groups is 1. The number of alkyl halides is 3. The first-order chi connectivity index (χ1) is 16.4. The van der Waals surface area contributed by atoms with E-state index in [0.29, 0.717) is 11.1 Å². The average molecular weight is 490 g/mol. The van der Waals surface area contributed by atoms with Crippen LogP contribution in [0.4, 0.5) is 22.4 Å². The third kappa shape index (κ3) is 4.42. The summed E-state index contributed by atoms with van der Waals surface area (Å²) >= 11 is 0. The predicted octanol–water partition coefficient (Wildman–Crippen LogP) is 4.39. The quantitative estimate of drug-likeness (QED) is 0.363. The molecular formula is C24H18F4N2O5. The van der Waals surface area contributed by atoms with Crippen molar-refractivity contribution in [1.82, 2.24) is 10.6 Å². The summed E-state index contributed by atoms with van der Waals surface area (Å²) < 4.78 is 61.0. The molecule has 2 amide bonds. The average Bonchev–Trinajstić information content (AvgIpc) is 3.28. The molecule has 7 nitrogen and oxygen atoms in total. The summed E-state index contributed by atoms with van der Waals surface area (Å²) in [7, 11) is 0. The van der Waals surface area contributed by atoms with Gasteiger partial charge in [-0.05, 0) is 43.3 Å². The van der Waals surface area contributed by atoms with E-state index in [1.54, 1.807) is 12.1 Å². The standard InChI is InChI=1S/C24H18F4N2O5/c1-12(31)13-2-4-14(5-3-13)17-10-11-18(35-17)20-19(21(32)15-6-8-16(25)9-7-15)23(34,24(26,27)28)30-22(33)29-20/h2-11,19-20,34H,1H3,(H2,29,30,33)/t19-,20+,23-/m0/s1. The van der Waals surface area contributed by atoms with E-state index in [9.17, 15) is 37.1 Å². The van der Waals surface area contributed by atoms with Crippen LogP contribution in [-0.4, -0.2) is 34.6 Å². The van der Waals surface area contributed by atoms with E-state index >= 15 is 0 Å². The lowest BCUT2D eigenvalue weighted by molar-refractivity contribution is -0.288. The lowest BCUT2D eigenvalue weighted by atomic mass is 9.79. The van der Waals surface area contributed by atoms with Crippen LogP contribution in [-0.2, 0) is 0 Å². The lowest BCUT2D eigenvalue weighted by Gasteiger charge is -2.44. The number of carbonyl (C=O) groups excluding carboxylic acids is 3. The zero-order valence-corrected chi connectivity index (χ0v) is 18.0. The minimum atomic E-state index is -5.44. The molecule has 1 fully saturated rings. The molecule has 4 rings (SSSR count). The Bertz CT molecular complexity index is 1280. The summed E-state index contributed by atoms with van der Waals surface area (Å²) in [4.78, 5) is 36.8. The molecule has 0 unspecified atom stereocenters. The molecule has 2 heterocycles. The Morgan fingerprint density at radius 2 is 1.57 bits per heavy atom. The van der Waals surface area contributed by atoms with Crippen LogP contribution in [0.3, 0.4) is 0 Å². The minimum absolute atomic E-state index is 0.164. The van der Waals surface area contributed by atoms with Crippen LogP contribution in [0.5, 0.6) is 0 Å². The number of rotatable bonds is 5. The van der Waals surface area contributed by atoms with Gasteiger partial charge in [0.2, 0.25) is 5.72 Å². The molecule has 0 saturated carbocycles. The fourth-order valence-corrected chi connectivity index (χ4v) is 3.91. The highest BCUT2D eigenvalue weighted by molar-refractivity contribution is 6.00. The Hall–Kier alpha value is -3.99. The molecule has 0 aliphatic carbocycles. The number of carbonyl (C=O) groups is 3. The molecule has 0 radical (unpaired) electrons. The molecule has 1 aliphatic rings. The third-order valence-electron chi connectivity index (χ3n) is 5.73. The molecule has 0 bridgehead atoms. The SMILES string of the molecule is CC(=O)c1ccc(-c2ccc([C@H]3NC(=O)N[C@@](O)(C(F)(F)F)[C@@H]3C(=O)c3ccc(F)cc3)o2)cc1. The summed E-state index contributed by atoms with van der Waals surface area (Å²) in [6.45, 7) is 1.39. The van der Waals surface area contributed by atoms with Gasteiger partial charge in [-0.2, -0.15) is 13.2 Å². The van der Waals surface area contributed by atoms with E-state index in [4.69, 9.17) is 4.42 Å². The van der Waals surface area contributed by atoms with Crippen LogP contribution in [0.1, 0.15) is 39.4 Å². The second kappa shape index (κ2) is 8.66. The van der Waals surface area contributed by atoms with E-state index in [1.807, 2.05) is 0 Å². The van der Waals surface area contributed by atoms with Gasteiger partial charge in [0, 0.05) is 16.7 Å². The molecule has 3 atom stereocenters. The number of benzene rings is 2. The van der Waals surface area contributed by atoms with Crippen molar-refractivity contribution in [2.24, 2.45) is 5.92 Å². The maximum absolute atomic E-state index is 14.0. The van der Waals surface area contributed by atoms with Crippen LogP contribution in [0.25, 0.3) is 11.3 Å². The molecule has 1 aliphatic heterocycles. The first-order valence-electron chi connectivity index (χ1n) is 10.3. The van der Waals surface area contributed by atoms with Gasteiger partial charge in [-0.1, -0.05) is 24.3 Å². The summed E-state index contributed by atoms with van der Waals surface area (Å²) in [5.74, 6) is -4.44. The van der Waals surface area contributed by atoms with Gasteiger partial charge in [0.1, 0.15) is 29.3 Å². The van der Waals surface area contributed by atoms with Gasteiger partial charge in [-0.15, -0.1) is 0 Å². The maximum Gasteiger partial charge on any atom is 0.437 e. The van der Waals surface area contributed by atoms with Gasteiger partial charge in [0.25, 0.3) is 0 Å². The van der Waals surface area contributed by atoms with Crippen molar-refractivity contribution in [2.45, 2.75) is 24.9 Å². The predicted molar refractivity (Wildman–Crippen MR) is 114 cm³/mol. The van der Waals surface area contributed by atoms with E-state index < -0.39 is 41.5 Å². The fraction of sp³-hybridized carbons (Fsp3) is 0.208. The molecule has 3 N–H and O–H groups in total. The van der Waals surface area contributed by atoms with Crippen molar-refractivity contribution in [1.29, 1.82) is 0 Å². The van der Waals surface area contributed by atoms with E-state index in [2.05, 4.69) is 5.32 Å². The molecule has 1 saturated heterocycles. The van der Waals surface area contributed by atoms with E-state index in [1.165, 1.54) is 36.5 Å². The molecule has 2 aromatic carbocycles. The number of ketones is 2. The highest BCUT2D eigenvalue weighted by Crippen LogP contribution is 2.44. The first-order valence-corrected chi connectivity index (χ1v) is 10.3. The van der Waals surface area contributed by atoms with Gasteiger partial charge < -0.3 is 20.2 Å². The number of halogens is 4. The molecule has 0 spiro atoms. The number of aliphatic hydroxyl groups is 1. The Balaban J connectivity index is 1.78. The van der Waals surface area contributed by atoms with Gasteiger partial charge in [-0.25, -0.2) is 9.18 Å². The lowest BCUT2D eigenvalue weighted by Crippen LogP contribution is -2.72. The topological polar surface area (TPSA) is 109 Å². The number of hydrogen-bond acceptors (Lipinski definition) is 5. The summed E-state index contributed by atoms with van der Waals surface area (Å²) in [5, 5.41) is 14.2. The van der Waals surface area contributed by atoms with Crippen molar-refractivity contribution >= 4 is 17.6 Å². The second-order valence-electron chi connectivity index (χ2n) is 8.02. The first kappa shape index (κ1) is 24.1. The molecule has 35 heavy (non-hydrogen) atoms. The van der Waals surface area contributed by atoms with Crippen molar-refractivity contribution in [3.8, 4) is 11.3 Å². The number of amides is 2. The second-order valence-corrected chi connectivity index (χ2v) is 8.02. The van der Waals surface area contributed by atoms with E-state index in [0.717, 1.165) is 24.3 Å². The van der Waals surface area contributed by atoms with Gasteiger partial charge in [-0.3, -0.25) is 9.59 Å². The fourth-order valence-electron chi connectivity index (χ4n) is 3.91. The third-order valence-corrected chi connectivity index (χ3v) is 5.73. The minimum Gasteiger partial charge on any atom is -0.459 e. The monoisotopic (exact) mass is 490 g/mol. The summed E-state index contributed by atoms with van der Waals surface area (Å²) in [6, 6.07) is 9.52. The van der Waals surface area contributed by atoms with E-state index in [-0.39, 0.29) is 22.9 Å². The Labute approximate surface area is 195 Å². The van der Waals surface area contributed by atoms with Crippen LogP contribution < -0.4 is 10.6 Å². The molecule has 3 aromatic rings. The number of nitrogens with one attached hydrogen (secondary N) is 2. The van der Waals surface area contributed by atoms with Gasteiger partial charge in [0.15, 0.2) is 11.6 Å². The zero-order chi connectivity index (χ0) is 25.5. The molecule has 182 valence electrons. The van der Waals surface area contributed by atoms with Crippen molar-refractivity contribution in [3.05, 3.63) is 83.4 Å². The van der Waals surface area contributed by atoms with Crippen LogP contribution in [0, 0.1) is 11.7 Å². The molecule has 1 aromatic heterocycles. The number of hydrogen-bond donors (Lipinski definition) is 3. The van der Waals surface area contributed by atoms with Crippen molar-refractivity contribution in [2.75, 3.05) is 0 Å². The van der Waals surface area contributed by atoms with Crippen molar-refractivity contribution < 1.29 is 41.5 Å². The summed E-state index contributed by atoms with van der Waals surface area (Å²) in [5.41, 5.74) is -3.34. The highest BCUT2D eigenvalue weighted by Gasteiger charge is 2.66. The van der Waals surface area contributed by atoms with Gasteiger partial charge in [0.05, 0.1) is 0 Å². The largest absolute Gasteiger partial charge is 0.459 e. The van der Waals surface area contributed by atoms with Gasteiger partial charge >= 0.3 is 12.2 Å². The van der Waals surface area contributed by atoms with Crippen LogP contribution >= 0.6 is 0 Å². The smallest absolute Gasteiger partial charge is 0.437 e. The number of Topliss-reactive ketones (excluding diaryl/α,β-unsaturated/α-hetero) is 2. The van der Waals surface area contributed by atoms with Crippen molar-refractivity contribution in [3.63, 3.8) is 0 Å². The molecule has 11 heteroatoms. The Kier molecular flexibility index (Phi) is 5.97. The maximum atomic E-state index is 14.0. The highest BCUT2D eigenvalue weighted by atomic mass is 19.4. The van der Waals surface area contributed by atoms with Crippen LogP contribution in [0.15, 0.2) is 65.1 Å². The normalized spacial score (nSPS) is 22.3.